The van der Waals surface area contributed by atoms with Crippen LogP contribution in [-0.2, 0) is 0 Å². The Balaban J connectivity index is 1.38. The smallest absolute Gasteiger partial charge is 0.406 e. The first kappa shape index (κ1) is 29.6. The number of aromatic nitrogens is 2. The molecule has 4 aromatic rings. The highest BCUT2D eigenvalue weighted by Crippen LogP contribution is 2.26. The Morgan fingerprint density at radius 1 is 0.833 bits per heavy atom. The van der Waals surface area contributed by atoms with Gasteiger partial charge in [-0.1, -0.05) is 6.07 Å². The summed E-state index contributed by atoms with van der Waals surface area (Å²) in [5, 5.41) is 8.36. The summed E-state index contributed by atoms with van der Waals surface area (Å²) in [4.78, 5) is 37.0. The number of hydrogen-bond acceptors (Lipinski definition) is 7. The molecule has 13 heteroatoms. The van der Waals surface area contributed by atoms with Crippen molar-refractivity contribution in [1.29, 1.82) is 0 Å². The number of halogens is 3. The van der Waals surface area contributed by atoms with E-state index in [1.54, 1.807) is 56.7 Å². The van der Waals surface area contributed by atoms with Crippen LogP contribution >= 0.6 is 0 Å². The van der Waals surface area contributed by atoms with E-state index >= 15 is 0 Å². The monoisotopic (exact) mass is 579 g/mol. The predicted molar refractivity (Wildman–Crippen MR) is 155 cm³/mol. The zero-order chi connectivity index (χ0) is 30.4. The van der Waals surface area contributed by atoms with E-state index in [0.717, 1.165) is 23.4 Å². The van der Waals surface area contributed by atoms with Crippen molar-refractivity contribution >= 4 is 46.5 Å². The van der Waals surface area contributed by atoms with Gasteiger partial charge in [0.1, 0.15) is 11.6 Å². The Kier molecular flexibility index (Phi) is 8.79. The number of aryl methyl sites for hydroxylation is 1. The maximum absolute atomic E-state index is 12.5. The molecule has 0 atom stereocenters. The van der Waals surface area contributed by atoms with Crippen molar-refractivity contribution in [1.82, 2.24) is 14.9 Å². The maximum Gasteiger partial charge on any atom is 0.573 e. The predicted octanol–water partition coefficient (Wildman–Crippen LogP) is 6.54. The lowest BCUT2D eigenvalue weighted by molar-refractivity contribution is -0.274. The lowest BCUT2D eigenvalue weighted by atomic mass is 10.1. The molecule has 0 aliphatic heterocycles. The molecule has 218 valence electrons. The van der Waals surface area contributed by atoms with Gasteiger partial charge in [-0.05, 0) is 79.2 Å². The second-order valence-corrected chi connectivity index (χ2v) is 9.35. The van der Waals surface area contributed by atoms with Crippen LogP contribution in [0.3, 0.4) is 0 Å². The summed E-state index contributed by atoms with van der Waals surface area (Å²) in [7, 11) is 5.22. The molecule has 3 N–H and O–H groups in total. The molecule has 3 amide bonds. The minimum Gasteiger partial charge on any atom is -0.406 e. The van der Waals surface area contributed by atoms with Crippen molar-refractivity contribution in [3.8, 4) is 5.75 Å². The van der Waals surface area contributed by atoms with E-state index in [9.17, 15) is 22.8 Å². The van der Waals surface area contributed by atoms with Gasteiger partial charge in [0.25, 0.3) is 5.91 Å². The summed E-state index contributed by atoms with van der Waals surface area (Å²) in [6.07, 6.45) is -3.18. The molecule has 0 aliphatic carbocycles. The summed E-state index contributed by atoms with van der Waals surface area (Å²) in [5.41, 5.74) is 3.67. The number of rotatable bonds is 8. The first-order valence-electron chi connectivity index (χ1n) is 12.6. The van der Waals surface area contributed by atoms with Gasteiger partial charge in [-0.15, -0.1) is 13.2 Å². The van der Waals surface area contributed by atoms with E-state index in [2.05, 4.69) is 30.7 Å². The quantitative estimate of drug-likeness (QED) is 0.217. The van der Waals surface area contributed by atoms with Gasteiger partial charge in [0, 0.05) is 55.7 Å². The number of carbonyl (C=O) groups is 2. The van der Waals surface area contributed by atoms with Crippen LogP contribution in [0.1, 0.15) is 15.9 Å². The Morgan fingerprint density at radius 2 is 1.43 bits per heavy atom. The average molecular weight is 580 g/mol. The van der Waals surface area contributed by atoms with E-state index in [-0.39, 0.29) is 17.3 Å². The van der Waals surface area contributed by atoms with Gasteiger partial charge >= 0.3 is 12.4 Å². The second-order valence-electron chi connectivity index (χ2n) is 9.35. The van der Waals surface area contributed by atoms with E-state index in [4.69, 9.17) is 0 Å². The second kappa shape index (κ2) is 12.5. The maximum atomic E-state index is 12.5. The van der Waals surface area contributed by atoms with Gasteiger partial charge in [-0.2, -0.15) is 4.98 Å². The standard InChI is InChI=1S/C29H28F3N7O3/c1-18-5-6-21(17-24(18)26(40)38(2)3)34-27-33-16-15-25(37-27)39(4)22-11-7-19(8-12-22)35-28(41)36-20-9-13-23(14-10-20)42-29(30,31)32/h5-17H,1-4H3,(H,33,34,37)(H2,35,36,41). The van der Waals surface area contributed by atoms with Crippen LogP contribution in [0.25, 0.3) is 0 Å². The topological polar surface area (TPSA) is 112 Å². The van der Waals surface area contributed by atoms with Crippen molar-refractivity contribution < 1.29 is 27.5 Å². The highest BCUT2D eigenvalue weighted by Gasteiger charge is 2.31. The SMILES string of the molecule is Cc1ccc(Nc2nccc(N(C)c3ccc(NC(=O)Nc4ccc(OC(F)(F)F)cc4)cc3)n2)cc1C(=O)N(C)C. The molecule has 0 bridgehead atoms. The Labute approximate surface area is 240 Å². The number of hydrogen-bond donors (Lipinski definition) is 3. The number of anilines is 6. The van der Waals surface area contributed by atoms with Crippen molar-refractivity contribution in [3.05, 3.63) is 90.1 Å². The van der Waals surface area contributed by atoms with Crippen molar-refractivity contribution in [2.45, 2.75) is 13.3 Å². The zero-order valence-corrected chi connectivity index (χ0v) is 23.2. The normalized spacial score (nSPS) is 10.9. The highest BCUT2D eigenvalue weighted by atomic mass is 19.4. The molecule has 0 radical (unpaired) electrons. The molecule has 1 aromatic heterocycles. The molecule has 42 heavy (non-hydrogen) atoms. The van der Waals surface area contributed by atoms with E-state index in [1.165, 1.54) is 17.0 Å². The van der Waals surface area contributed by atoms with Crippen LogP contribution in [0.2, 0.25) is 0 Å². The third kappa shape index (κ3) is 7.87. The Hall–Kier alpha value is -5.33. The van der Waals surface area contributed by atoms with Crippen molar-refractivity contribution in [2.24, 2.45) is 0 Å². The largest absolute Gasteiger partial charge is 0.573 e. The van der Waals surface area contributed by atoms with E-state index < -0.39 is 12.4 Å². The van der Waals surface area contributed by atoms with E-state index in [1.807, 2.05) is 31.0 Å². The molecule has 0 fully saturated rings. The molecule has 0 saturated carbocycles. The summed E-state index contributed by atoms with van der Waals surface area (Å²) >= 11 is 0. The van der Waals surface area contributed by atoms with E-state index in [0.29, 0.717) is 28.7 Å². The van der Waals surface area contributed by atoms with Gasteiger partial charge in [-0.25, -0.2) is 9.78 Å². The molecule has 10 nitrogen and oxygen atoms in total. The number of carbonyl (C=O) groups excluding carboxylic acids is 2. The van der Waals surface area contributed by atoms with Crippen molar-refractivity contribution in [3.63, 3.8) is 0 Å². The lowest BCUT2D eigenvalue weighted by Crippen LogP contribution is -2.22. The summed E-state index contributed by atoms with van der Waals surface area (Å²) in [6.45, 7) is 1.87. The average Bonchev–Trinajstić information content (AvgIpc) is 2.94. The Bertz CT molecular complexity index is 1560. The molecule has 0 unspecified atom stereocenters. The van der Waals surface area contributed by atoms with Crippen LogP contribution in [0, 0.1) is 6.92 Å². The molecule has 0 spiro atoms. The molecule has 1 heterocycles. The van der Waals surface area contributed by atoms with Gasteiger partial charge < -0.3 is 30.5 Å². The fourth-order valence-corrected chi connectivity index (χ4v) is 3.83. The van der Waals surface area contributed by atoms with Crippen LogP contribution in [0.15, 0.2) is 79.0 Å². The van der Waals surface area contributed by atoms with Gasteiger partial charge in [-0.3, -0.25) is 4.79 Å². The number of alkyl halides is 3. The third-order valence-corrected chi connectivity index (χ3v) is 5.97. The Morgan fingerprint density at radius 3 is 2.02 bits per heavy atom. The zero-order valence-electron chi connectivity index (χ0n) is 23.2. The van der Waals surface area contributed by atoms with Crippen LogP contribution in [0.4, 0.5) is 52.5 Å². The van der Waals surface area contributed by atoms with Crippen molar-refractivity contribution in [2.75, 3.05) is 42.0 Å². The number of urea groups is 1. The number of nitrogens with zero attached hydrogens (tertiary/aromatic N) is 4. The summed E-state index contributed by atoms with van der Waals surface area (Å²) in [5.74, 6) is 0.454. The third-order valence-electron chi connectivity index (χ3n) is 5.97. The fourth-order valence-electron chi connectivity index (χ4n) is 3.83. The fraction of sp³-hybridized carbons (Fsp3) is 0.172. The minimum atomic E-state index is -4.79. The molecule has 0 saturated heterocycles. The van der Waals surface area contributed by atoms with Gasteiger partial charge in [0.15, 0.2) is 0 Å². The highest BCUT2D eigenvalue weighted by molar-refractivity contribution is 6.00. The van der Waals surface area contributed by atoms with Crippen LogP contribution in [0.5, 0.6) is 5.75 Å². The molecular weight excluding hydrogens is 551 g/mol. The summed E-state index contributed by atoms with van der Waals surface area (Å²) in [6, 6.07) is 18.4. The van der Waals surface area contributed by atoms with Gasteiger partial charge in [0.2, 0.25) is 5.95 Å². The molecule has 0 aliphatic rings. The molecule has 3 aromatic carbocycles. The summed E-state index contributed by atoms with van der Waals surface area (Å²) < 4.78 is 40.7. The number of benzene rings is 3. The minimum absolute atomic E-state index is 0.102. The lowest BCUT2D eigenvalue weighted by Gasteiger charge is -2.19. The molecular formula is C29H28F3N7O3. The number of amides is 3. The first-order valence-corrected chi connectivity index (χ1v) is 12.6. The number of ether oxygens (including phenoxy) is 1. The first-order chi connectivity index (χ1) is 19.9. The van der Waals surface area contributed by atoms with Crippen LogP contribution < -0.4 is 25.6 Å². The van der Waals surface area contributed by atoms with Crippen LogP contribution in [-0.4, -0.2) is 54.3 Å². The molecule has 4 rings (SSSR count). The van der Waals surface area contributed by atoms with Gasteiger partial charge in [0.05, 0.1) is 0 Å². The number of nitrogens with one attached hydrogen (secondary N) is 3.